The summed E-state index contributed by atoms with van der Waals surface area (Å²) in [5.74, 6) is 0.483. The second-order valence-electron chi connectivity index (χ2n) is 4.52. The zero-order chi connectivity index (χ0) is 11.4. The van der Waals surface area contributed by atoms with Gasteiger partial charge in [0, 0.05) is 32.4 Å². The van der Waals surface area contributed by atoms with Crippen molar-refractivity contribution in [2.45, 2.75) is 13.0 Å². The van der Waals surface area contributed by atoms with Gasteiger partial charge in [-0.25, -0.2) is 0 Å². The van der Waals surface area contributed by atoms with Crippen LogP contribution >= 0.6 is 0 Å². The molecular formula is C13H20N2O. The van der Waals surface area contributed by atoms with E-state index in [2.05, 4.69) is 34.5 Å². The van der Waals surface area contributed by atoms with Gasteiger partial charge in [-0.15, -0.1) is 0 Å². The first-order chi connectivity index (χ1) is 7.81. The molecule has 3 nitrogen and oxygen atoms in total. The smallest absolute Gasteiger partial charge is 0.0471 e. The topological polar surface area (TPSA) is 35.5 Å². The van der Waals surface area contributed by atoms with Gasteiger partial charge in [0.2, 0.25) is 0 Å². The molecule has 3 heteroatoms. The molecule has 1 aromatic carbocycles. The first-order valence-corrected chi connectivity index (χ1v) is 5.91. The van der Waals surface area contributed by atoms with Gasteiger partial charge in [-0.3, -0.25) is 4.90 Å². The number of hydrogen-bond acceptors (Lipinski definition) is 3. The van der Waals surface area contributed by atoms with Gasteiger partial charge in [0.1, 0.15) is 0 Å². The van der Waals surface area contributed by atoms with Crippen LogP contribution in [-0.4, -0.2) is 36.8 Å². The summed E-state index contributed by atoms with van der Waals surface area (Å²) >= 11 is 0. The number of likely N-dealkylation sites (tertiary alicyclic amines) is 1. The molecule has 1 saturated heterocycles. The third-order valence-electron chi connectivity index (χ3n) is 3.28. The predicted molar refractivity (Wildman–Crippen MR) is 66.5 cm³/mol. The van der Waals surface area contributed by atoms with Crippen molar-refractivity contribution in [3.8, 4) is 0 Å². The number of nitrogens with zero attached hydrogens (tertiary/aromatic N) is 1. The number of aliphatic hydroxyl groups is 1. The van der Waals surface area contributed by atoms with E-state index < -0.39 is 0 Å². The van der Waals surface area contributed by atoms with Crippen LogP contribution in [0.1, 0.15) is 12.0 Å². The second kappa shape index (κ2) is 5.32. The van der Waals surface area contributed by atoms with Crippen molar-refractivity contribution in [3.05, 3.63) is 29.8 Å². The Morgan fingerprint density at radius 1 is 1.38 bits per heavy atom. The zero-order valence-electron chi connectivity index (χ0n) is 9.82. The number of rotatable bonds is 4. The number of nitrogens with one attached hydrogen (secondary N) is 1. The van der Waals surface area contributed by atoms with Gasteiger partial charge in [0.15, 0.2) is 0 Å². The highest BCUT2D eigenvalue weighted by Crippen LogP contribution is 2.18. The number of anilines is 1. The Morgan fingerprint density at radius 3 is 2.69 bits per heavy atom. The van der Waals surface area contributed by atoms with Crippen molar-refractivity contribution in [1.82, 2.24) is 4.90 Å². The van der Waals surface area contributed by atoms with Gasteiger partial charge < -0.3 is 10.4 Å². The Labute approximate surface area is 97.1 Å². The van der Waals surface area contributed by atoms with Crippen molar-refractivity contribution in [2.75, 3.05) is 32.1 Å². The molecule has 1 atom stereocenters. The third kappa shape index (κ3) is 2.74. The number of benzene rings is 1. The van der Waals surface area contributed by atoms with Crippen LogP contribution in [0.2, 0.25) is 0 Å². The van der Waals surface area contributed by atoms with Crippen molar-refractivity contribution in [3.63, 3.8) is 0 Å². The molecule has 2 rings (SSSR count). The standard InChI is InChI=1S/C13H20N2O/c1-14-13-4-2-11(3-5-13)8-15-7-6-12(9-15)10-16/h2-5,12,14,16H,6-10H2,1H3. The summed E-state index contributed by atoms with van der Waals surface area (Å²) < 4.78 is 0. The van der Waals surface area contributed by atoms with E-state index in [1.807, 2.05) is 7.05 Å². The molecule has 1 aliphatic heterocycles. The summed E-state index contributed by atoms with van der Waals surface area (Å²) in [7, 11) is 1.93. The summed E-state index contributed by atoms with van der Waals surface area (Å²) in [5, 5.41) is 12.2. The maximum absolute atomic E-state index is 9.08. The van der Waals surface area contributed by atoms with Crippen LogP contribution in [0.5, 0.6) is 0 Å². The monoisotopic (exact) mass is 220 g/mol. The molecule has 1 heterocycles. The van der Waals surface area contributed by atoms with E-state index in [4.69, 9.17) is 5.11 Å². The van der Waals surface area contributed by atoms with Crippen LogP contribution in [0.4, 0.5) is 5.69 Å². The largest absolute Gasteiger partial charge is 0.396 e. The van der Waals surface area contributed by atoms with Crippen LogP contribution in [0.15, 0.2) is 24.3 Å². The van der Waals surface area contributed by atoms with E-state index >= 15 is 0 Å². The molecule has 1 fully saturated rings. The Hall–Kier alpha value is -1.06. The quantitative estimate of drug-likeness (QED) is 0.808. The Bertz CT molecular complexity index is 323. The molecule has 0 aromatic heterocycles. The van der Waals surface area contributed by atoms with Crippen molar-refractivity contribution in [2.24, 2.45) is 5.92 Å². The molecule has 1 unspecified atom stereocenters. The van der Waals surface area contributed by atoms with E-state index in [0.717, 1.165) is 31.7 Å². The van der Waals surface area contributed by atoms with Gasteiger partial charge in [-0.1, -0.05) is 12.1 Å². The first kappa shape index (κ1) is 11.4. The molecule has 0 amide bonds. The van der Waals surface area contributed by atoms with Crippen LogP contribution < -0.4 is 5.32 Å². The summed E-state index contributed by atoms with van der Waals surface area (Å²) in [6.07, 6.45) is 1.13. The fourth-order valence-electron chi connectivity index (χ4n) is 2.24. The molecule has 0 radical (unpaired) electrons. The van der Waals surface area contributed by atoms with Gasteiger partial charge in [0.25, 0.3) is 0 Å². The van der Waals surface area contributed by atoms with Gasteiger partial charge in [-0.2, -0.15) is 0 Å². The summed E-state index contributed by atoms with van der Waals surface area (Å²) in [5.41, 5.74) is 2.50. The molecule has 1 aliphatic rings. The highest BCUT2D eigenvalue weighted by molar-refractivity contribution is 5.43. The lowest BCUT2D eigenvalue weighted by Crippen LogP contribution is -2.20. The first-order valence-electron chi connectivity index (χ1n) is 5.91. The van der Waals surface area contributed by atoms with Gasteiger partial charge in [-0.05, 0) is 36.6 Å². The molecular weight excluding hydrogens is 200 g/mol. The molecule has 0 aliphatic carbocycles. The Morgan fingerprint density at radius 2 is 2.12 bits per heavy atom. The fourth-order valence-corrected chi connectivity index (χ4v) is 2.24. The molecule has 88 valence electrons. The van der Waals surface area contributed by atoms with E-state index in [-0.39, 0.29) is 0 Å². The molecule has 0 spiro atoms. The molecule has 16 heavy (non-hydrogen) atoms. The highest BCUT2D eigenvalue weighted by atomic mass is 16.3. The average molecular weight is 220 g/mol. The highest BCUT2D eigenvalue weighted by Gasteiger charge is 2.21. The minimum atomic E-state index is 0.329. The van der Waals surface area contributed by atoms with E-state index in [1.165, 1.54) is 5.56 Å². The maximum atomic E-state index is 9.08. The summed E-state index contributed by atoms with van der Waals surface area (Å²) in [6, 6.07) is 8.54. The van der Waals surface area contributed by atoms with E-state index in [1.54, 1.807) is 0 Å². The maximum Gasteiger partial charge on any atom is 0.0471 e. The Balaban J connectivity index is 1.89. The average Bonchev–Trinajstić information content (AvgIpc) is 2.78. The summed E-state index contributed by atoms with van der Waals surface area (Å²) in [6.45, 7) is 3.47. The molecule has 0 bridgehead atoms. The molecule has 2 N–H and O–H groups in total. The van der Waals surface area contributed by atoms with Gasteiger partial charge >= 0.3 is 0 Å². The van der Waals surface area contributed by atoms with Crippen LogP contribution in [0.3, 0.4) is 0 Å². The zero-order valence-corrected chi connectivity index (χ0v) is 9.82. The normalized spacial score (nSPS) is 21.2. The SMILES string of the molecule is CNc1ccc(CN2CCC(CO)C2)cc1. The predicted octanol–water partition coefficient (Wildman–Crippen LogP) is 1.54. The molecule has 0 saturated carbocycles. The third-order valence-corrected chi connectivity index (χ3v) is 3.28. The minimum Gasteiger partial charge on any atom is -0.396 e. The fraction of sp³-hybridized carbons (Fsp3) is 0.538. The minimum absolute atomic E-state index is 0.329. The second-order valence-corrected chi connectivity index (χ2v) is 4.52. The number of aliphatic hydroxyl groups excluding tert-OH is 1. The van der Waals surface area contributed by atoms with Crippen molar-refractivity contribution in [1.29, 1.82) is 0 Å². The lowest BCUT2D eigenvalue weighted by Gasteiger charge is -2.15. The van der Waals surface area contributed by atoms with Crippen LogP contribution in [0, 0.1) is 5.92 Å². The van der Waals surface area contributed by atoms with Crippen LogP contribution in [0.25, 0.3) is 0 Å². The van der Waals surface area contributed by atoms with Crippen molar-refractivity contribution >= 4 is 5.69 Å². The van der Waals surface area contributed by atoms with Crippen molar-refractivity contribution < 1.29 is 5.11 Å². The Kier molecular flexibility index (Phi) is 3.80. The number of hydrogen-bond donors (Lipinski definition) is 2. The van der Waals surface area contributed by atoms with Crippen LogP contribution in [-0.2, 0) is 6.54 Å². The summed E-state index contributed by atoms with van der Waals surface area (Å²) in [4.78, 5) is 2.41. The van der Waals surface area contributed by atoms with E-state index in [9.17, 15) is 0 Å². The van der Waals surface area contributed by atoms with Gasteiger partial charge in [0.05, 0.1) is 0 Å². The lowest BCUT2D eigenvalue weighted by molar-refractivity contribution is 0.220. The molecule has 1 aromatic rings. The lowest BCUT2D eigenvalue weighted by atomic mass is 10.1. The van der Waals surface area contributed by atoms with E-state index in [0.29, 0.717) is 12.5 Å².